The first-order valence-electron chi connectivity index (χ1n) is 9.44. The summed E-state index contributed by atoms with van der Waals surface area (Å²) in [6.07, 6.45) is 0. The molecule has 1 heterocycles. The number of nitrogens with zero attached hydrogens (tertiary/aromatic N) is 1. The highest BCUT2D eigenvalue weighted by Crippen LogP contribution is 2.43. The molecule has 0 unspecified atom stereocenters. The highest BCUT2D eigenvalue weighted by molar-refractivity contribution is 7.08. The molecule has 0 spiro atoms. The summed E-state index contributed by atoms with van der Waals surface area (Å²) in [5, 5.41) is 12.2. The predicted molar refractivity (Wildman–Crippen MR) is 123 cm³/mol. The van der Waals surface area contributed by atoms with Crippen LogP contribution >= 0.6 is 11.3 Å². The third kappa shape index (κ3) is 2.25. The lowest BCUT2D eigenvalue weighted by Crippen LogP contribution is -2.09. The molecule has 6 aromatic rings. The van der Waals surface area contributed by atoms with Gasteiger partial charge in [-0.3, -0.25) is 0 Å². The van der Waals surface area contributed by atoms with Crippen LogP contribution in [0.25, 0.3) is 32.3 Å². The maximum Gasteiger partial charge on any atom is 0.0568 e. The molecule has 0 atom stereocenters. The quantitative estimate of drug-likeness (QED) is 0.282. The van der Waals surface area contributed by atoms with E-state index in [4.69, 9.17) is 0 Å². The Morgan fingerprint density at radius 2 is 1.25 bits per heavy atom. The molecule has 0 fully saturated rings. The Morgan fingerprint density at radius 3 is 2.00 bits per heavy atom. The average molecular weight is 375 g/mol. The van der Waals surface area contributed by atoms with E-state index >= 15 is 0 Å². The number of hydrogen-bond donors (Lipinski definition) is 0. The van der Waals surface area contributed by atoms with Crippen LogP contribution in [0.3, 0.4) is 0 Å². The highest BCUT2D eigenvalue weighted by atomic mass is 32.1. The molecule has 5 aromatic carbocycles. The molecule has 1 aromatic heterocycles. The highest BCUT2D eigenvalue weighted by Gasteiger charge is 2.17. The molecule has 0 saturated heterocycles. The summed E-state index contributed by atoms with van der Waals surface area (Å²) in [7, 11) is 0. The lowest BCUT2D eigenvalue weighted by Gasteiger charge is -2.26. The monoisotopic (exact) mass is 375 g/mol. The second-order valence-electron chi connectivity index (χ2n) is 7.09. The van der Waals surface area contributed by atoms with Gasteiger partial charge < -0.3 is 4.90 Å². The fourth-order valence-electron chi connectivity index (χ4n) is 4.30. The van der Waals surface area contributed by atoms with Gasteiger partial charge in [0.15, 0.2) is 0 Å². The molecule has 0 aliphatic heterocycles. The van der Waals surface area contributed by atoms with Crippen LogP contribution in [-0.4, -0.2) is 0 Å². The zero-order valence-corrected chi connectivity index (χ0v) is 16.0. The van der Waals surface area contributed by atoms with Crippen LogP contribution in [0.4, 0.5) is 17.1 Å². The topological polar surface area (TPSA) is 3.24 Å². The Bertz CT molecular complexity index is 1390. The van der Waals surface area contributed by atoms with Crippen molar-refractivity contribution in [3.05, 3.63) is 102 Å². The van der Waals surface area contributed by atoms with Crippen molar-refractivity contribution < 1.29 is 0 Å². The van der Waals surface area contributed by atoms with Crippen molar-refractivity contribution in [2.45, 2.75) is 0 Å². The summed E-state index contributed by atoms with van der Waals surface area (Å²) in [6.45, 7) is 0. The van der Waals surface area contributed by atoms with Gasteiger partial charge in [-0.1, -0.05) is 66.7 Å². The maximum atomic E-state index is 2.36. The third-order valence-electron chi connectivity index (χ3n) is 5.53. The normalized spacial score (nSPS) is 11.6. The molecular weight excluding hydrogens is 358 g/mol. The van der Waals surface area contributed by atoms with Crippen molar-refractivity contribution in [3.63, 3.8) is 0 Å². The lowest BCUT2D eigenvalue weighted by molar-refractivity contribution is 1.31. The largest absolute Gasteiger partial charge is 0.309 e. The van der Waals surface area contributed by atoms with Crippen LogP contribution < -0.4 is 4.90 Å². The smallest absolute Gasteiger partial charge is 0.0568 e. The van der Waals surface area contributed by atoms with E-state index in [9.17, 15) is 0 Å². The van der Waals surface area contributed by atoms with Gasteiger partial charge in [0.25, 0.3) is 0 Å². The summed E-state index contributed by atoms with van der Waals surface area (Å²) in [5.41, 5.74) is 3.59. The van der Waals surface area contributed by atoms with Gasteiger partial charge >= 0.3 is 0 Å². The molecule has 2 heteroatoms. The van der Waals surface area contributed by atoms with Gasteiger partial charge in [-0.05, 0) is 56.6 Å². The molecule has 0 radical (unpaired) electrons. The Hall–Kier alpha value is -3.36. The minimum Gasteiger partial charge on any atom is -0.309 e. The minimum atomic E-state index is 1.18. The van der Waals surface area contributed by atoms with E-state index in [-0.39, 0.29) is 0 Å². The summed E-state index contributed by atoms with van der Waals surface area (Å²) in [6, 6.07) is 32.9. The summed E-state index contributed by atoms with van der Waals surface area (Å²) < 4.78 is 0. The summed E-state index contributed by atoms with van der Waals surface area (Å²) in [5.74, 6) is 0. The van der Waals surface area contributed by atoms with E-state index in [1.54, 1.807) is 11.3 Å². The number of rotatable bonds is 3. The van der Waals surface area contributed by atoms with Gasteiger partial charge in [0.05, 0.1) is 11.4 Å². The molecule has 132 valence electrons. The van der Waals surface area contributed by atoms with Gasteiger partial charge in [0.1, 0.15) is 0 Å². The van der Waals surface area contributed by atoms with E-state index in [0.717, 1.165) is 0 Å². The maximum absolute atomic E-state index is 2.36. The van der Waals surface area contributed by atoms with Gasteiger partial charge in [-0.2, -0.15) is 11.3 Å². The fourth-order valence-corrected chi connectivity index (χ4v) is 4.92. The molecule has 0 saturated carbocycles. The number of hydrogen-bond acceptors (Lipinski definition) is 2. The first kappa shape index (κ1) is 15.7. The lowest BCUT2D eigenvalue weighted by atomic mass is 9.93. The van der Waals surface area contributed by atoms with Crippen LogP contribution in [0.5, 0.6) is 0 Å². The van der Waals surface area contributed by atoms with Crippen molar-refractivity contribution in [3.8, 4) is 0 Å². The van der Waals surface area contributed by atoms with E-state index in [2.05, 4.69) is 107 Å². The third-order valence-corrected chi connectivity index (χ3v) is 6.20. The molecular formula is C26H17NS. The fraction of sp³-hybridized carbons (Fsp3) is 0. The molecule has 0 aliphatic rings. The second kappa shape index (κ2) is 6.08. The average Bonchev–Trinajstić information content (AvgIpc) is 3.28. The van der Waals surface area contributed by atoms with Gasteiger partial charge in [0, 0.05) is 16.5 Å². The Morgan fingerprint density at radius 1 is 0.536 bits per heavy atom. The van der Waals surface area contributed by atoms with E-state index in [1.807, 2.05) is 0 Å². The number of para-hydroxylation sites is 1. The van der Waals surface area contributed by atoms with E-state index in [1.165, 1.54) is 49.4 Å². The number of anilines is 3. The van der Waals surface area contributed by atoms with Crippen molar-refractivity contribution >= 4 is 60.7 Å². The molecule has 0 amide bonds. The standard InChI is InChI=1S/C26H17NS/c1-2-7-21(8-3-1)27(22-15-16-28-17-22)24-14-12-20-10-9-18-5-4-6-19-11-13-23(24)26(20)25(18)19/h1-17H. The van der Waals surface area contributed by atoms with Gasteiger partial charge in [0.2, 0.25) is 0 Å². The molecule has 28 heavy (non-hydrogen) atoms. The zero-order valence-electron chi connectivity index (χ0n) is 15.2. The predicted octanol–water partition coefficient (Wildman–Crippen LogP) is 8.12. The number of thiophene rings is 1. The Balaban J connectivity index is 1.73. The van der Waals surface area contributed by atoms with Gasteiger partial charge in [-0.15, -0.1) is 0 Å². The van der Waals surface area contributed by atoms with Crippen LogP contribution in [0, 0.1) is 0 Å². The van der Waals surface area contributed by atoms with Crippen molar-refractivity contribution in [1.82, 2.24) is 0 Å². The minimum absolute atomic E-state index is 1.18. The van der Waals surface area contributed by atoms with Crippen molar-refractivity contribution in [1.29, 1.82) is 0 Å². The Kier molecular flexibility index (Phi) is 3.40. The molecule has 0 N–H and O–H groups in total. The zero-order chi connectivity index (χ0) is 18.5. The molecule has 1 nitrogen and oxygen atoms in total. The SMILES string of the molecule is c1ccc(N(c2ccsc2)c2ccc3ccc4cccc5ccc2c3c45)cc1. The summed E-state index contributed by atoms with van der Waals surface area (Å²) >= 11 is 1.73. The van der Waals surface area contributed by atoms with Crippen LogP contribution in [0.2, 0.25) is 0 Å². The number of benzene rings is 5. The molecule has 6 rings (SSSR count). The first-order chi connectivity index (χ1) is 13.9. The molecule has 0 bridgehead atoms. The van der Waals surface area contributed by atoms with E-state index < -0.39 is 0 Å². The van der Waals surface area contributed by atoms with Crippen molar-refractivity contribution in [2.24, 2.45) is 0 Å². The van der Waals surface area contributed by atoms with E-state index in [0.29, 0.717) is 0 Å². The van der Waals surface area contributed by atoms with Crippen LogP contribution in [0.1, 0.15) is 0 Å². The molecule has 0 aliphatic carbocycles. The summed E-state index contributed by atoms with van der Waals surface area (Å²) in [4.78, 5) is 2.36. The van der Waals surface area contributed by atoms with Crippen LogP contribution in [0.15, 0.2) is 102 Å². The van der Waals surface area contributed by atoms with Gasteiger partial charge in [-0.25, -0.2) is 0 Å². The first-order valence-corrected chi connectivity index (χ1v) is 10.4. The second-order valence-corrected chi connectivity index (χ2v) is 7.87. The van der Waals surface area contributed by atoms with Crippen molar-refractivity contribution in [2.75, 3.05) is 4.90 Å². The van der Waals surface area contributed by atoms with Crippen LogP contribution in [-0.2, 0) is 0 Å². The Labute approximate surface area is 167 Å².